The van der Waals surface area contributed by atoms with E-state index in [0.29, 0.717) is 13.0 Å². The van der Waals surface area contributed by atoms with Gasteiger partial charge in [0, 0.05) is 13.0 Å². The van der Waals surface area contributed by atoms with Gasteiger partial charge >= 0.3 is 0 Å². The van der Waals surface area contributed by atoms with Gasteiger partial charge in [-0.2, -0.15) is 5.01 Å². The summed E-state index contributed by atoms with van der Waals surface area (Å²) < 4.78 is 0. The van der Waals surface area contributed by atoms with Crippen LogP contribution in [-0.4, -0.2) is 45.1 Å². The molecule has 1 heterocycles. The highest BCUT2D eigenvalue weighted by atomic mass is 16.3. The Morgan fingerprint density at radius 3 is 2.23 bits per heavy atom. The molecule has 2 unspecified atom stereocenters. The number of carbonyl (C=O) groups is 1. The first-order chi connectivity index (χ1) is 6.04. The Bertz CT molecular complexity index is 186. The van der Waals surface area contributed by atoms with E-state index in [1.54, 1.807) is 0 Å². The van der Waals surface area contributed by atoms with E-state index >= 15 is 0 Å². The van der Waals surface area contributed by atoms with Crippen LogP contribution in [0.4, 0.5) is 0 Å². The van der Waals surface area contributed by atoms with Gasteiger partial charge < -0.3 is 10.2 Å². The molecule has 1 fully saturated rings. The second kappa shape index (κ2) is 4.04. The van der Waals surface area contributed by atoms with Gasteiger partial charge in [0.25, 0.3) is 0 Å². The van der Waals surface area contributed by atoms with Gasteiger partial charge in [-0.1, -0.05) is 0 Å². The molecule has 0 saturated carbocycles. The molecular formula is C8H16N2O3. The van der Waals surface area contributed by atoms with Crippen LogP contribution in [0.1, 0.15) is 26.7 Å². The Morgan fingerprint density at radius 2 is 1.92 bits per heavy atom. The molecule has 2 N–H and O–H groups in total. The maximum absolute atomic E-state index is 11.3. The summed E-state index contributed by atoms with van der Waals surface area (Å²) in [5.74, 6) is -0.0400. The second-order valence-electron chi connectivity index (χ2n) is 3.26. The minimum Gasteiger partial charge on any atom is -0.377 e. The Balaban J connectivity index is 2.69. The van der Waals surface area contributed by atoms with Crippen LogP contribution >= 0.6 is 0 Å². The molecule has 0 aromatic rings. The molecule has 76 valence electrons. The molecule has 1 aliphatic heterocycles. The second-order valence-corrected chi connectivity index (χ2v) is 3.26. The third-order valence-corrected chi connectivity index (χ3v) is 2.09. The molecular weight excluding hydrogens is 172 g/mol. The number of carbonyl (C=O) groups excluding carboxylic acids is 1. The SMILES string of the molecule is CC(O)N(C(C)O)N1CCCC1=O. The number of amides is 1. The van der Waals surface area contributed by atoms with E-state index < -0.39 is 12.5 Å². The molecule has 1 rings (SSSR count). The lowest BCUT2D eigenvalue weighted by Crippen LogP contribution is -2.52. The van der Waals surface area contributed by atoms with Crippen LogP contribution in [0.25, 0.3) is 0 Å². The minimum atomic E-state index is -0.845. The zero-order valence-electron chi connectivity index (χ0n) is 7.97. The van der Waals surface area contributed by atoms with Crippen LogP contribution < -0.4 is 0 Å². The highest BCUT2D eigenvalue weighted by molar-refractivity contribution is 5.77. The summed E-state index contributed by atoms with van der Waals surface area (Å²) in [7, 11) is 0. The predicted octanol–water partition coefficient (Wildman–Crippen LogP) is -0.498. The maximum atomic E-state index is 11.3. The standard InChI is InChI=1S/C8H16N2O3/c1-6(11)10(7(2)12)9-5-3-4-8(9)13/h6-7,11-12H,3-5H2,1-2H3. The fourth-order valence-electron chi connectivity index (χ4n) is 1.59. The van der Waals surface area contributed by atoms with E-state index in [9.17, 15) is 15.0 Å². The van der Waals surface area contributed by atoms with Gasteiger partial charge in [-0.25, -0.2) is 0 Å². The molecule has 0 aromatic heterocycles. The number of rotatable bonds is 3. The average molecular weight is 188 g/mol. The number of nitrogens with zero attached hydrogens (tertiary/aromatic N) is 2. The zero-order valence-corrected chi connectivity index (χ0v) is 7.97. The van der Waals surface area contributed by atoms with Crippen LogP contribution in [0.3, 0.4) is 0 Å². The first kappa shape index (κ1) is 10.4. The van der Waals surface area contributed by atoms with Crippen molar-refractivity contribution in [3.05, 3.63) is 0 Å². The fraction of sp³-hybridized carbons (Fsp3) is 0.875. The molecule has 0 spiro atoms. The van der Waals surface area contributed by atoms with Crippen molar-refractivity contribution in [2.75, 3.05) is 6.54 Å². The van der Waals surface area contributed by atoms with Crippen molar-refractivity contribution in [1.29, 1.82) is 0 Å². The highest BCUT2D eigenvalue weighted by Gasteiger charge is 2.31. The maximum Gasteiger partial charge on any atom is 0.237 e. The minimum absolute atomic E-state index is 0.0400. The van der Waals surface area contributed by atoms with Crippen molar-refractivity contribution >= 4 is 5.91 Å². The first-order valence-corrected chi connectivity index (χ1v) is 4.49. The quantitative estimate of drug-likeness (QED) is 0.586. The smallest absolute Gasteiger partial charge is 0.237 e. The van der Waals surface area contributed by atoms with Crippen molar-refractivity contribution in [2.24, 2.45) is 0 Å². The molecule has 2 atom stereocenters. The van der Waals surface area contributed by atoms with Crippen molar-refractivity contribution in [3.8, 4) is 0 Å². The molecule has 13 heavy (non-hydrogen) atoms. The summed E-state index contributed by atoms with van der Waals surface area (Å²) in [6, 6.07) is 0. The molecule has 0 aliphatic carbocycles. The van der Waals surface area contributed by atoms with Crippen LogP contribution in [0.2, 0.25) is 0 Å². The Kier molecular flexibility index (Phi) is 3.24. The molecule has 0 aromatic carbocycles. The molecule has 5 nitrogen and oxygen atoms in total. The summed E-state index contributed by atoms with van der Waals surface area (Å²) in [5.41, 5.74) is 0. The summed E-state index contributed by atoms with van der Waals surface area (Å²) >= 11 is 0. The number of hydrogen-bond acceptors (Lipinski definition) is 4. The topological polar surface area (TPSA) is 64.0 Å². The average Bonchev–Trinajstić information content (AvgIpc) is 2.35. The van der Waals surface area contributed by atoms with Gasteiger partial charge in [-0.15, -0.1) is 0 Å². The first-order valence-electron chi connectivity index (χ1n) is 4.49. The van der Waals surface area contributed by atoms with E-state index in [1.807, 2.05) is 0 Å². The van der Waals surface area contributed by atoms with Gasteiger partial charge in [0.05, 0.1) is 0 Å². The lowest BCUT2D eigenvalue weighted by molar-refractivity contribution is -0.203. The summed E-state index contributed by atoms with van der Waals surface area (Å²) in [6.45, 7) is 3.63. The molecule has 0 bridgehead atoms. The van der Waals surface area contributed by atoms with E-state index in [-0.39, 0.29) is 5.91 Å². The molecule has 1 aliphatic rings. The normalized spacial score (nSPS) is 22.5. The van der Waals surface area contributed by atoms with Crippen LogP contribution in [-0.2, 0) is 4.79 Å². The van der Waals surface area contributed by atoms with Crippen LogP contribution in [0.5, 0.6) is 0 Å². The van der Waals surface area contributed by atoms with Crippen LogP contribution in [0.15, 0.2) is 0 Å². The van der Waals surface area contributed by atoms with Crippen molar-refractivity contribution in [2.45, 2.75) is 39.1 Å². The summed E-state index contributed by atoms with van der Waals surface area (Å²) in [4.78, 5) is 11.3. The fourth-order valence-corrected chi connectivity index (χ4v) is 1.59. The molecule has 5 heteroatoms. The number of hydrazine groups is 1. The van der Waals surface area contributed by atoms with Gasteiger partial charge in [-0.3, -0.25) is 9.80 Å². The van der Waals surface area contributed by atoms with E-state index in [1.165, 1.54) is 23.9 Å². The Labute approximate surface area is 77.5 Å². The monoisotopic (exact) mass is 188 g/mol. The largest absolute Gasteiger partial charge is 0.377 e. The van der Waals surface area contributed by atoms with Crippen molar-refractivity contribution < 1.29 is 15.0 Å². The van der Waals surface area contributed by atoms with Gasteiger partial charge in [0.2, 0.25) is 5.91 Å². The lowest BCUT2D eigenvalue weighted by Gasteiger charge is -2.35. The Hall–Kier alpha value is -0.650. The Morgan fingerprint density at radius 1 is 1.38 bits per heavy atom. The van der Waals surface area contributed by atoms with Gasteiger partial charge in [0.1, 0.15) is 12.5 Å². The number of aliphatic hydroxyl groups excluding tert-OH is 2. The third kappa shape index (κ3) is 2.18. The highest BCUT2D eigenvalue weighted by Crippen LogP contribution is 2.16. The zero-order chi connectivity index (χ0) is 10.0. The third-order valence-electron chi connectivity index (χ3n) is 2.09. The van der Waals surface area contributed by atoms with Crippen LogP contribution in [0, 0.1) is 0 Å². The van der Waals surface area contributed by atoms with Crippen molar-refractivity contribution in [3.63, 3.8) is 0 Å². The van der Waals surface area contributed by atoms with E-state index in [4.69, 9.17) is 0 Å². The van der Waals surface area contributed by atoms with E-state index in [0.717, 1.165) is 6.42 Å². The van der Waals surface area contributed by atoms with Gasteiger partial charge in [-0.05, 0) is 20.3 Å². The summed E-state index contributed by atoms with van der Waals surface area (Å²) in [6.07, 6.45) is -0.408. The number of aliphatic hydroxyl groups is 2. The lowest BCUT2D eigenvalue weighted by atomic mass is 10.4. The van der Waals surface area contributed by atoms with Crippen molar-refractivity contribution in [1.82, 2.24) is 10.0 Å². The van der Waals surface area contributed by atoms with Gasteiger partial charge in [0.15, 0.2) is 0 Å². The molecule has 1 amide bonds. The molecule has 1 saturated heterocycles. The molecule has 0 radical (unpaired) electrons. The summed E-state index contributed by atoms with van der Waals surface area (Å²) in [5, 5.41) is 21.4. The predicted molar refractivity (Wildman–Crippen MR) is 46.1 cm³/mol. The van der Waals surface area contributed by atoms with E-state index in [2.05, 4.69) is 0 Å². The number of hydrogen-bond donors (Lipinski definition) is 2.